The molecule has 92 valence electrons. The van der Waals surface area contributed by atoms with E-state index in [1.54, 1.807) is 0 Å². The maximum absolute atomic E-state index is 12.3. The Balaban J connectivity index is 2.42. The predicted octanol–water partition coefficient (Wildman–Crippen LogP) is 2.72. The summed E-state index contributed by atoms with van der Waals surface area (Å²) in [5.74, 6) is 0. The van der Waals surface area contributed by atoms with E-state index in [2.05, 4.69) is 0 Å². The molecule has 0 radical (unpaired) electrons. The van der Waals surface area contributed by atoms with Crippen molar-refractivity contribution in [1.82, 2.24) is 0 Å². The molecule has 0 aliphatic rings. The molecule has 2 aromatic carbocycles. The van der Waals surface area contributed by atoms with Crippen molar-refractivity contribution < 1.29 is 5.11 Å². The molecule has 18 heavy (non-hydrogen) atoms. The summed E-state index contributed by atoms with van der Waals surface area (Å²) < 4.78 is 0. The van der Waals surface area contributed by atoms with Gasteiger partial charge in [0.15, 0.2) is 0 Å². The van der Waals surface area contributed by atoms with Gasteiger partial charge < -0.3 is 5.11 Å². The summed E-state index contributed by atoms with van der Waals surface area (Å²) in [4.78, 5) is 0. The molecule has 0 heterocycles. The van der Waals surface area contributed by atoms with Crippen LogP contribution < -0.4 is 10.4 Å². The van der Waals surface area contributed by atoms with Gasteiger partial charge in [0.05, 0.1) is 0 Å². The zero-order chi connectivity index (χ0) is 13.1. The minimum Gasteiger partial charge on any atom is -0.823 e. The molecule has 0 bridgehead atoms. The smallest absolute Gasteiger partial charge is 0.000825 e. The van der Waals surface area contributed by atoms with Gasteiger partial charge >= 0.3 is 0 Å². The fourth-order valence-electron chi connectivity index (χ4n) is 1.94. The van der Waals surface area contributed by atoms with E-state index in [0.29, 0.717) is 0 Å². The fraction of sp³-hybridized carbons (Fsp3) is 0.188. The molecule has 0 aliphatic carbocycles. The van der Waals surface area contributed by atoms with Crippen molar-refractivity contribution in [1.29, 1.82) is 0 Å². The zero-order valence-electron chi connectivity index (χ0n) is 10.9. The van der Waals surface area contributed by atoms with E-state index in [4.69, 9.17) is 0 Å². The Bertz CT molecular complexity index is 562. The third-order valence-corrected chi connectivity index (χ3v) is 3.94. The largest absolute Gasteiger partial charge is 0.823 e. The third kappa shape index (κ3) is 2.87. The number of benzene rings is 2. The van der Waals surface area contributed by atoms with Crippen LogP contribution in [0, 0.1) is 20.8 Å². The van der Waals surface area contributed by atoms with Gasteiger partial charge in [0.2, 0.25) is 0 Å². The Labute approximate surface area is 110 Å². The first-order chi connectivity index (χ1) is 8.58. The van der Waals surface area contributed by atoms with Gasteiger partial charge in [-0.25, -0.2) is 0 Å². The average molecular weight is 255 g/mol. The Kier molecular flexibility index (Phi) is 3.96. The Morgan fingerprint density at radius 2 is 1.44 bits per heavy atom. The maximum Gasteiger partial charge on any atom is 0.000825 e. The van der Waals surface area contributed by atoms with Crippen molar-refractivity contribution in [2.75, 3.05) is 0 Å². The molecule has 2 aromatic rings. The maximum atomic E-state index is 12.3. The molecule has 0 saturated heterocycles. The van der Waals surface area contributed by atoms with Crippen LogP contribution in [0.3, 0.4) is 0 Å². The second kappa shape index (κ2) is 5.48. The first kappa shape index (κ1) is 13.0. The summed E-state index contributed by atoms with van der Waals surface area (Å²) in [5, 5.41) is 13.4. The molecule has 2 heteroatoms. The van der Waals surface area contributed by atoms with Gasteiger partial charge in [-0.05, 0) is 37.5 Å². The third-order valence-electron chi connectivity index (χ3n) is 2.96. The molecule has 0 N–H and O–H groups in total. The highest BCUT2D eigenvalue weighted by Gasteiger charge is 2.00. The van der Waals surface area contributed by atoms with Crippen LogP contribution in [0.25, 0.3) is 0 Å². The predicted molar refractivity (Wildman–Crippen MR) is 77.8 cm³/mol. The van der Waals surface area contributed by atoms with E-state index in [9.17, 15) is 5.11 Å². The van der Waals surface area contributed by atoms with E-state index >= 15 is 0 Å². The summed E-state index contributed by atoms with van der Waals surface area (Å²) in [6.07, 6.45) is 0. The van der Waals surface area contributed by atoms with Crippen LogP contribution in [-0.4, -0.2) is 5.48 Å². The van der Waals surface area contributed by atoms with Gasteiger partial charge in [0, 0.05) is 5.30 Å². The van der Waals surface area contributed by atoms with Gasteiger partial charge in [0.25, 0.3) is 0 Å². The zero-order valence-corrected chi connectivity index (χ0v) is 11.8. The molecule has 2 rings (SSSR count). The monoisotopic (exact) mass is 255 g/mol. The van der Waals surface area contributed by atoms with Crippen LogP contribution in [0.2, 0.25) is 0 Å². The molecule has 0 unspecified atom stereocenters. The Morgan fingerprint density at radius 1 is 0.889 bits per heavy atom. The van der Waals surface area contributed by atoms with Gasteiger partial charge in [-0.1, -0.05) is 56.2 Å². The van der Waals surface area contributed by atoms with Crippen molar-refractivity contribution in [3.05, 3.63) is 64.7 Å². The minimum atomic E-state index is 0.175. The standard InChI is InChI=1S/C16H17OP/c1-11-7-9-14(10-8-11)18-16(17)15-12(2)5-4-6-13(15)3/h4-10,17H,1-3H3/p-1. The highest BCUT2D eigenvalue weighted by atomic mass is 31.1. The molecule has 0 atom stereocenters. The highest BCUT2D eigenvalue weighted by Crippen LogP contribution is 2.16. The average Bonchev–Trinajstić information content (AvgIpc) is 2.32. The number of hydrogen-bond donors (Lipinski definition) is 0. The van der Waals surface area contributed by atoms with Crippen LogP contribution in [0.5, 0.6) is 0 Å². The topological polar surface area (TPSA) is 23.1 Å². The van der Waals surface area contributed by atoms with E-state index < -0.39 is 0 Å². The van der Waals surface area contributed by atoms with Crippen LogP contribution in [0.15, 0.2) is 42.5 Å². The van der Waals surface area contributed by atoms with Crippen molar-refractivity contribution in [2.24, 2.45) is 0 Å². The molecular weight excluding hydrogens is 239 g/mol. The van der Waals surface area contributed by atoms with Gasteiger partial charge in [-0.2, -0.15) is 0 Å². The van der Waals surface area contributed by atoms with Crippen molar-refractivity contribution in [3.8, 4) is 0 Å². The fourth-order valence-corrected chi connectivity index (χ4v) is 2.94. The van der Waals surface area contributed by atoms with Crippen LogP contribution in [-0.2, 0) is 0 Å². The number of rotatable bonds is 2. The van der Waals surface area contributed by atoms with Crippen LogP contribution in [0.1, 0.15) is 22.3 Å². The Hall–Kier alpha value is -1.43. The van der Waals surface area contributed by atoms with E-state index in [0.717, 1.165) is 30.2 Å². The van der Waals surface area contributed by atoms with E-state index in [1.807, 2.05) is 63.2 Å². The van der Waals surface area contributed by atoms with E-state index in [1.165, 1.54) is 5.56 Å². The first-order valence-corrected chi connectivity index (χ1v) is 6.86. The van der Waals surface area contributed by atoms with Gasteiger partial charge in [-0.15, -0.1) is 5.48 Å². The van der Waals surface area contributed by atoms with Gasteiger partial charge in [-0.3, -0.25) is 0 Å². The SMILES string of the molecule is Cc1ccc(P=C([O-])c2c(C)cccc2C)cc1. The summed E-state index contributed by atoms with van der Waals surface area (Å²) in [7, 11) is 0.750. The lowest BCUT2D eigenvalue weighted by Crippen LogP contribution is -2.20. The Morgan fingerprint density at radius 3 is 2.00 bits per heavy atom. The van der Waals surface area contributed by atoms with Crippen molar-refractivity contribution >= 4 is 19.0 Å². The normalized spacial score (nSPS) is 11.7. The molecule has 0 fully saturated rings. The first-order valence-electron chi connectivity index (χ1n) is 5.97. The van der Waals surface area contributed by atoms with Crippen molar-refractivity contribution in [3.63, 3.8) is 0 Å². The van der Waals surface area contributed by atoms with Crippen LogP contribution in [0.4, 0.5) is 0 Å². The molecular formula is C16H16OP-. The lowest BCUT2D eigenvalue weighted by molar-refractivity contribution is -0.207. The summed E-state index contributed by atoms with van der Waals surface area (Å²) in [5.41, 5.74) is 4.36. The minimum absolute atomic E-state index is 0.175. The molecule has 0 aromatic heterocycles. The molecule has 0 saturated carbocycles. The second-order valence-corrected chi connectivity index (χ2v) is 5.67. The number of aryl methyl sites for hydroxylation is 3. The van der Waals surface area contributed by atoms with Crippen molar-refractivity contribution in [2.45, 2.75) is 20.8 Å². The summed E-state index contributed by atoms with van der Waals surface area (Å²) >= 11 is 0. The highest BCUT2D eigenvalue weighted by molar-refractivity contribution is 7.49. The molecule has 1 nitrogen and oxygen atoms in total. The van der Waals surface area contributed by atoms with E-state index in [-0.39, 0.29) is 5.48 Å². The quantitative estimate of drug-likeness (QED) is 0.757. The summed E-state index contributed by atoms with van der Waals surface area (Å²) in [6.45, 7) is 6.03. The lowest BCUT2D eigenvalue weighted by atomic mass is 10.0. The van der Waals surface area contributed by atoms with Crippen LogP contribution >= 0.6 is 8.20 Å². The number of hydrogen-bond acceptors (Lipinski definition) is 1. The molecule has 0 aliphatic heterocycles. The van der Waals surface area contributed by atoms with Gasteiger partial charge in [0.1, 0.15) is 0 Å². The lowest BCUT2D eigenvalue weighted by Gasteiger charge is -2.17. The molecule has 0 spiro atoms. The summed E-state index contributed by atoms with van der Waals surface area (Å²) in [6, 6.07) is 14.1. The second-order valence-electron chi connectivity index (χ2n) is 4.52. The molecule has 0 amide bonds.